The zero-order valence-electron chi connectivity index (χ0n) is 22.5. The number of benzene rings is 9. The van der Waals surface area contributed by atoms with Crippen LogP contribution in [-0.4, -0.2) is 0 Å². The van der Waals surface area contributed by atoms with Gasteiger partial charge in [0.05, 0.1) is 0 Å². The summed E-state index contributed by atoms with van der Waals surface area (Å²) in [4.78, 5) is 0. The first-order valence-electron chi connectivity index (χ1n) is 14.2. The zero-order chi connectivity index (χ0) is 27.9. The standard InChI is InChI=1S/C40H22F2/c41-35-19-17-31-29(27-11-9-23-5-1-3-7-25(23)21-27)13-15-33-37(31)39(35)34-16-14-30(32-18-20-36(42)40(33)38(32)34)28-12-10-24-6-2-4-8-26(24)22-28/h1-22H. The Hall–Kier alpha value is -5.34. The van der Waals surface area contributed by atoms with E-state index in [9.17, 15) is 0 Å². The van der Waals surface area contributed by atoms with Crippen molar-refractivity contribution in [2.24, 2.45) is 0 Å². The molecule has 2 heteroatoms. The minimum absolute atomic E-state index is 0.297. The molecule has 0 nitrogen and oxygen atoms in total. The SMILES string of the molecule is Fc1ccc2c(-c3ccc4ccccc4c3)ccc3c4c(F)ccc5c(-c6ccc7ccccc7c6)ccc(c1c23)c54. The summed E-state index contributed by atoms with van der Waals surface area (Å²) in [5, 5.41) is 10.5. The Labute approximate surface area is 240 Å². The Balaban J connectivity index is 1.39. The first-order valence-corrected chi connectivity index (χ1v) is 14.2. The third kappa shape index (κ3) is 3.21. The highest BCUT2D eigenvalue weighted by molar-refractivity contribution is 6.35. The van der Waals surface area contributed by atoms with Crippen LogP contribution in [0.5, 0.6) is 0 Å². The monoisotopic (exact) mass is 540 g/mol. The van der Waals surface area contributed by atoms with E-state index in [1.54, 1.807) is 12.1 Å². The number of hydrogen-bond acceptors (Lipinski definition) is 0. The molecule has 0 saturated carbocycles. The molecule has 0 aliphatic heterocycles. The van der Waals surface area contributed by atoms with E-state index in [1.165, 1.54) is 10.8 Å². The van der Waals surface area contributed by atoms with Crippen LogP contribution in [0.15, 0.2) is 133 Å². The van der Waals surface area contributed by atoms with Crippen molar-refractivity contribution in [1.29, 1.82) is 0 Å². The molecule has 9 rings (SSSR count). The maximum Gasteiger partial charge on any atom is 0.131 e. The van der Waals surface area contributed by atoms with Gasteiger partial charge in [0, 0.05) is 21.5 Å². The van der Waals surface area contributed by atoms with Crippen molar-refractivity contribution in [2.45, 2.75) is 0 Å². The second-order valence-electron chi connectivity index (χ2n) is 11.1. The highest BCUT2D eigenvalue weighted by atomic mass is 19.1. The van der Waals surface area contributed by atoms with Crippen LogP contribution in [-0.2, 0) is 0 Å². The molecule has 0 atom stereocenters. The van der Waals surface area contributed by atoms with E-state index < -0.39 is 0 Å². The van der Waals surface area contributed by atoms with E-state index in [2.05, 4.69) is 72.8 Å². The van der Waals surface area contributed by atoms with Gasteiger partial charge < -0.3 is 0 Å². The van der Waals surface area contributed by atoms with Crippen LogP contribution in [0, 0.1) is 11.6 Å². The molecule has 0 heterocycles. The molecule has 0 fully saturated rings. The zero-order valence-corrected chi connectivity index (χ0v) is 22.5. The predicted octanol–water partition coefficient (Wildman–Crippen LogP) is 11.7. The topological polar surface area (TPSA) is 0 Å². The van der Waals surface area contributed by atoms with Crippen LogP contribution < -0.4 is 0 Å². The molecule has 0 aliphatic rings. The predicted molar refractivity (Wildman–Crippen MR) is 173 cm³/mol. The molecule has 0 amide bonds. The Bertz CT molecular complexity index is 2360. The van der Waals surface area contributed by atoms with E-state index in [0.29, 0.717) is 10.8 Å². The molecule has 0 N–H and O–H groups in total. The van der Waals surface area contributed by atoms with Crippen LogP contribution in [0.1, 0.15) is 0 Å². The van der Waals surface area contributed by atoms with Gasteiger partial charge in [0.1, 0.15) is 11.6 Å². The van der Waals surface area contributed by atoms with E-state index >= 15 is 8.78 Å². The van der Waals surface area contributed by atoms with Gasteiger partial charge in [-0.15, -0.1) is 0 Å². The minimum atomic E-state index is -0.297. The fourth-order valence-electron chi connectivity index (χ4n) is 7.00. The first-order chi connectivity index (χ1) is 20.7. The van der Waals surface area contributed by atoms with Crippen LogP contribution >= 0.6 is 0 Å². The molecule has 0 saturated heterocycles. The summed E-state index contributed by atoms with van der Waals surface area (Å²) >= 11 is 0. The summed E-state index contributed by atoms with van der Waals surface area (Å²) in [7, 11) is 0. The van der Waals surface area contributed by atoms with Crippen molar-refractivity contribution in [1.82, 2.24) is 0 Å². The van der Waals surface area contributed by atoms with Crippen molar-refractivity contribution < 1.29 is 8.78 Å². The maximum atomic E-state index is 15.9. The van der Waals surface area contributed by atoms with Crippen molar-refractivity contribution in [2.75, 3.05) is 0 Å². The van der Waals surface area contributed by atoms with Gasteiger partial charge in [-0.3, -0.25) is 0 Å². The highest BCUT2D eigenvalue weighted by Gasteiger charge is 2.21. The fraction of sp³-hybridized carbons (Fsp3) is 0. The van der Waals surface area contributed by atoms with Gasteiger partial charge in [0.15, 0.2) is 0 Å². The quantitative estimate of drug-likeness (QED) is 0.151. The Kier molecular flexibility index (Phi) is 4.77. The molecule has 0 spiro atoms. The van der Waals surface area contributed by atoms with Crippen molar-refractivity contribution in [3.63, 3.8) is 0 Å². The molecule has 0 unspecified atom stereocenters. The lowest BCUT2D eigenvalue weighted by molar-refractivity contribution is 0.639. The van der Waals surface area contributed by atoms with Crippen molar-refractivity contribution in [3.8, 4) is 22.3 Å². The van der Waals surface area contributed by atoms with Crippen molar-refractivity contribution >= 4 is 64.6 Å². The normalized spacial score (nSPS) is 12.0. The van der Waals surface area contributed by atoms with Crippen LogP contribution in [0.4, 0.5) is 8.78 Å². The Morgan fingerprint density at radius 1 is 0.310 bits per heavy atom. The minimum Gasteiger partial charge on any atom is -0.206 e. The van der Waals surface area contributed by atoms with Gasteiger partial charge >= 0.3 is 0 Å². The smallest absolute Gasteiger partial charge is 0.131 e. The van der Waals surface area contributed by atoms with E-state index in [4.69, 9.17) is 0 Å². The van der Waals surface area contributed by atoms with Crippen molar-refractivity contribution in [3.05, 3.63) is 145 Å². The molecule has 0 aromatic heterocycles. The van der Waals surface area contributed by atoms with E-state index in [-0.39, 0.29) is 11.6 Å². The lowest BCUT2D eigenvalue weighted by atomic mass is 9.84. The number of halogens is 2. The second kappa shape index (κ2) is 8.58. The summed E-state index contributed by atoms with van der Waals surface area (Å²) in [6.07, 6.45) is 0. The summed E-state index contributed by atoms with van der Waals surface area (Å²) < 4.78 is 31.8. The molecular formula is C40H22F2. The summed E-state index contributed by atoms with van der Waals surface area (Å²) in [6.45, 7) is 0. The van der Waals surface area contributed by atoms with Gasteiger partial charge in [-0.2, -0.15) is 0 Å². The highest BCUT2D eigenvalue weighted by Crippen LogP contribution is 2.47. The van der Waals surface area contributed by atoms with Crippen LogP contribution in [0.25, 0.3) is 86.9 Å². The Morgan fingerprint density at radius 2 is 0.714 bits per heavy atom. The lowest BCUT2D eigenvalue weighted by Crippen LogP contribution is -1.94. The molecule has 9 aromatic carbocycles. The van der Waals surface area contributed by atoms with Gasteiger partial charge in [-0.05, 0) is 89.6 Å². The van der Waals surface area contributed by atoms with Gasteiger partial charge in [-0.1, -0.05) is 109 Å². The van der Waals surface area contributed by atoms with Crippen LogP contribution in [0.2, 0.25) is 0 Å². The fourth-order valence-corrected chi connectivity index (χ4v) is 7.00. The Morgan fingerprint density at radius 3 is 1.17 bits per heavy atom. The molecule has 0 aliphatic carbocycles. The summed E-state index contributed by atoms with van der Waals surface area (Å²) in [6, 6.07) is 44.2. The number of hydrogen-bond donors (Lipinski definition) is 0. The third-order valence-electron chi connectivity index (χ3n) is 8.92. The van der Waals surface area contributed by atoms with Gasteiger partial charge in [-0.25, -0.2) is 8.78 Å². The maximum absolute atomic E-state index is 15.9. The lowest BCUT2D eigenvalue weighted by Gasteiger charge is -2.19. The average molecular weight is 541 g/mol. The summed E-state index contributed by atoms with van der Waals surface area (Å²) in [5.74, 6) is -0.594. The molecular weight excluding hydrogens is 518 g/mol. The van der Waals surface area contributed by atoms with Crippen LogP contribution in [0.3, 0.4) is 0 Å². The molecule has 9 aromatic rings. The summed E-state index contributed by atoms with van der Waals surface area (Å²) in [5.41, 5.74) is 4.11. The average Bonchev–Trinajstić information content (AvgIpc) is 3.04. The molecule has 196 valence electrons. The number of fused-ring (bicyclic) bond motifs is 4. The first kappa shape index (κ1) is 23.4. The van der Waals surface area contributed by atoms with E-state index in [1.807, 2.05) is 48.5 Å². The second-order valence-corrected chi connectivity index (χ2v) is 11.1. The molecule has 0 bridgehead atoms. The number of rotatable bonds is 2. The largest absolute Gasteiger partial charge is 0.206 e. The molecule has 42 heavy (non-hydrogen) atoms. The molecule has 0 radical (unpaired) electrons. The van der Waals surface area contributed by atoms with E-state index in [0.717, 1.165) is 65.3 Å². The third-order valence-corrected chi connectivity index (χ3v) is 8.92. The van der Waals surface area contributed by atoms with Gasteiger partial charge in [0.2, 0.25) is 0 Å². The van der Waals surface area contributed by atoms with Gasteiger partial charge in [0.25, 0.3) is 0 Å².